The smallest absolute Gasteiger partial charge is 0.255 e. The van der Waals surface area contributed by atoms with Gasteiger partial charge in [-0.05, 0) is 26.8 Å². The number of aromatic nitrogens is 1. The van der Waals surface area contributed by atoms with Gasteiger partial charge in [0.15, 0.2) is 0 Å². The van der Waals surface area contributed by atoms with Gasteiger partial charge in [0.2, 0.25) is 0 Å². The van der Waals surface area contributed by atoms with Crippen molar-refractivity contribution in [3.05, 3.63) is 23.5 Å². The lowest BCUT2D eigenvalue weighted by atomic mass is 10.2. The lowest BCUT2D eigenvalue weighted by Gasteiger charge is -2.13. The summed E-state index contributed by atoms with van der Waals surface area (Å²) in [5.74, 6) is -0.137. The molecule has 2 N–H and O–H groups in total. The molecule has 18 heavy (non-hydrogen) atoms. The van der Waals surface area contributed by atoms with Gasteiger partial charge in [0.05, 0.1) is 17.4 Å². The van der Waals surface area contributed by atoms with Gasteiger partial charge in [-0.2, -0.15) is 0 Å². The van der Waals surface area contributed by atoms with Crippen LogP contribution in [0.1, 0.15) is 29.9 Å². The fraction of sp³-hybridized carbons (Fsp3) is 0.538. The maximum atomic E-state index is 12.0. The van der Waals surface area contributed by atoms with E-state index >= 15 is 0 Å². The molecule has 5 nitrogen and oxygen atoms in total. The lowest BCUT2D eigenvalue weighted by Crippen LogP contribution is -2.32. The summed E-state index contributed by atoms with van der Waals surface area (Å²) in [6.45, 7) is 7.03. The molecule has 1 aromatic rings. The Hall–Kier alpha value is -1.62. The van der Waals surface area contributed by atoms with E-state index in [2.05, 4.69) is 15.6 Å². The van der Waals surface area contributed by atoms with Crippen LogP contribution in [0.5, 0.6) is 0 Å². The Morgan fingerprint density at radius 3 is 2.89 bits per heavy atom. The van der Waals surface area contributed by atoms with Crippen molar-refractivity contribution in [2.75, 3.05) is 25.5 Å². The van der Waals surface area contributed by atoms with Crippen LogP contribution in [0, 0.1) is 6.92 Å². The van der Waals surface area contributed by atoms with E-state index in [1.54, 1.807) is 13.3 Å². The number of anilines is 1. The molecule has 5 heteroatoms. The van der Waals surface area contributed by atoms with Gasteiger partial charge in [-0.1, -0.05) is 0 Å². The van der Waals surface area contributed by atoms with Gasteiger partial charge in [-0.15, -0.1) is 0 Å². The number of ether oxygens (including phenoxy) is 1. The Morgan fingerprint density at radius 2 is 2.28 bits per heavy atom. The van der Waals surface area contributed by atoms with E-state index in [0.29, 0.717) is 12.1 Å². The number of nitrogens with one attached hydrogen (secondary N) is 2. The Balaban J connectivity index is 2.78. The molecular weight excluding hydrogens is 230 g/mol. The summed E-state index contributed by atoms with van der Waals surface area (Å²) in [4.78, 5) is 16.2. The van der Waals surface area contributed by atoms with Crippen LogP contribution in [0.25, 0.3) is 0 Å². The Morgan fingerprint density at radius 1 is 1.56 bits per heavy atom. The molecule has 0 fully saturated rings. The first kappa shape index (κ1) is 14.4. The largest absolute Gasteiger partial charge is 0.385 e. The molecule has 1 rings (SSSR count). The zero-order valence-electron chi connectivity index (χ0n) is 11.4. The molecule has 0 radical (unpaired) electrons. The molecule has 1 unspecified atom stereocenters. The Labute approximate surface area is 108 Å². The number of amides is 1. The van der Waals surface area contributed by atoms with Gasteiger partial charge in [0.25, 0.3) is 5.91 Å². The van der Waals surface area contributed by atoms with Crippen LogP contribution in [-0.2, 0) is 4.74 Å². The highest BCUT2D eigenvalue weighted by atomic mass is 16.5. The van der Waals surface area contributed by atoms with Crippen LogP contribution in [0.2, 0.25) is 0 Å². The first-order chi connectivity index (χ1) is 8.58. The third-order valence-electron chi connectivity index (χ3n) is 2.60. The zero-order valence-corrected chi connectivity index (χ0v) is 11.4. The van der Waals surface area contributed by atoms with Crippen molar-refractivity contribution in [1.29, 1.82) is 0 Å². The number of hydrogen-bond acceptors (Lipinski definition) is 4. The van der Waals surface area contributed by atoms with Crippen LogP contribution in [0.3, 0.4) is 0 Å². The van der Waals surface area contributed by atoms with Gasteiger partial charge >= 0.3 is 0 Å². The Kier molecular flexibility index (Phi) is 5.58. The molecule has 0 saturated heterocycles. The summed E-state index contributed by atoms with van der Waals surface area (Å²) in [5.41, 5.74) is 2.26. The highest BCUT2D eigenvalue weighted by molar-refractivity contribution is 5.99. The van der Waals surface area contributed by atoms with Crippen molar-refractivity contribution in [2.24, 2.45) is 0 Å². The summed E-state index contributed by atoms with van der Waals surface area (Å²) >= 11 is 0. The van der Waals surface area contributed by atoms with Crippen LogP contribution in [0.4, 0.5) is 5.69 Å². The SMILES string of the molecule is CCNc1cc(C)ncc1C(=O)NCC(C)OC. The predicted molar refractivity (Wildman–Crippen MR) is 71.9 cm³/mol. The minimum absolute atomic E-state index is 0.00468. The maximum Gasteiger partial charge on any atom is 0.255 e. The second-order valence-corrected chi connectivity index (χ2v) is 4.16. The summed E-state index contributed by atoms with van der Waals surface area (Å²) in [6.07, 6.45) is 1.59. The minimum Gasteiger partial charge on any atom is -0.385 e. The molecule has 1 atom stereocenters. The quantitative estimate of drug-likeness (QED) is 0.806. The van der Waals surface area contributed by atoms with Crippen molar-refractivity contribution in [1.82, 2.24) is 10.3 Å². The molecule has 0 aliphatic rings. The number of aryl methyl sites for hydroxylation is 1. The lowest BCUT2D eigenvalue weighted by molar-refractivity contribution is 0.0871. The minimum atomic E-state index is -0.137. The summed E-state index contributed by atoms with van der Waals surface area (Å²) in [6, 6.07) is 1.87. The Bertz CT molecular complexity index is 407. The van der Waals surface area contributed by atoms with E-state index in [9.17, 15) is 4.79 Å². The molecule has 1 aromatic heterocycles. The average Bonchev–Trinajstić information content (AvgIpc) is 2.36. The van der Waals surface area contributed by atoms with Crippen LogP contribution in [-0.4, -0.2) is 37.2 Å². The topological polar surface area (TPSA) is 63.2 Å². The predicted octanol–water partition coefficient (Wildman–Crippen LogP) is 1.59. The van der Waals surface area contributed by atoms with E-state index in [4.69, 9.17) is 4.74 Å². The average molecular weight is 251 g/mol. The van der Waals surface area contributed by atoms with Crippen LogP contribution < -0.4 is 10.6 Å². The number of nitrogens with zero attached hydrogens (tertiary/aromatic N) is 1. The van der Waals surface area contributed by atoms with Crippen LogP contribution >= 0.6 is 0 Å². The molecule has 0 bridgehead atoms. The molecule has 0 saturated carbocycles. The summed E-state index contributed by atoms with van der Waals surface area (Å²) in [7, 11) is 1.62. The number of carbonyl (C=O) groups excluding carboxylic acids is 1. The number of methoxy groups -OCH3 is 1. The maximum absolute atomic E-state index is 12.0. The van der Waals surface area contributed by atoms with Gasteiger partial charge in [-0.3, -0.25) is 9.78 Å². The molecule has 0 spiro atoms. The molecular formula is C13H21N3O2. The second kappa shape index (κ2) is 6.96. The van der Waals surface area contributed by atoms with Crippen molar-refractivity contribution in [2.45, 2.75) is 26.9 Å². The fourth-order valence-corrected chi connectivity index (χ4v) is 1.49. The molecule has 0 aliphatic carbocycles. The highest BCUT2D eigenvalue weighted by Crippen LogP contribution is 2.15. The first-order valence-electron chi connectivity index (χ1n) is 6.10. The number of hydrogen-bond donors (Lipinski definition) is 2. The van der Waals surface area contributed by atoms with E-state index < -0.39 is 0 Å². The number of carbonyl (C=O) groups is 1. The van der Waals surface area contributed by atoms with Gasteiger partial charge in [0.1, 0.15) is 0 Å². The van der Waals surface area contributed by atoms with Crippen molar-refractivity contribution in [3.8, 4) is 0 Å². The fourth-order valence-electron chi connectivity index (χ4n) is 1.49. The normalized spacial score (nSPS) is 12.0. The zero-order chi connectivity index (χ0) is 13.5. The van der Waals surface area contributed by atoms with E-state index in [1.807, 2.05) is 26.8 Å². The summed E-state index contributed by atoms with van der Waals surface area (Å²) in [5, 5.41) is 5.99. The van der Waals surface area contributed by atoms with Crippen molar-refractivity contribution >= 4 is 11.6 Å². The van der Waals surface area contributed by atoms with E-state index in [1.165, 1.54) is 0 Å². The van der Waals surface area contributed by atoms with E-state index in [-0.39, 0.29) is 12.0 Å². The van der Waals surface area contributed by atoms with Gasteiger partial charge < -0.3 is 15.4 Å². The van der Waals surface area contributed by atoms with Crippen LogP contribution in [0.15, 0.2) is 12.3 Å². The van der Waals surface area contributed by atoms with Gasteiger partial charge in [-0.25, -0.2) is 0 Å². The molecule has 0 aliphatic heterocycles. The van der Waals surface area contributed by atoms with Crippen molar-refractivity contribution < 1.29 is 9.53 Å². The highest BCUT2D eigenvalue weighted by Gasteiger charge is 2.12. The third kappa shape index (κ3) is 4.00. The van der Waals surface area contributed by atoms with E-state index in [0.717, 1.165) is 17.9 Å². The number of rotatable bonds is 6. The van der Waals surface area contributed by atoms with Gasteiger partial charge in [0, 0.05) is 32.1 Å². The standard InChI is InChI=1S/C13H21N3O2/c1-5-14-12-6-9(2)15-8-11(12)13(17)16-7-10(3)18-4/h6,8,10H,5,7H2,1-4H3,(H,14,15)(H,16,17). The number of pyridine rings is 1. The molecule has 1 heterocycles. The molecule has 100 valence electrons. The molecule has 1 amide bonds. The third-order valence-corrected chi connectivity index (χ3v) is 2.60. The van der Waals surface area contributed by atoms with Crippen molar-refractivity contribution in [3.63, 3.8) is 0 Å². The monoisotopic (exact) mass is 251 g/mol. The summed E-state index contributed by atoms with van der Waals surface area (Å²) < 4.78 is 5.09. The second-order valence-electron chi connectivity index (χ2n) is 4.16. The molecule has 0 aromatic carbocycles. The first-order valence-corrected chi connectivity index (χ1v) is 6.10.